The van der Waals surface area contributed by atoms with Crippen LogP contribution in [0.3, 0.4) is 0 Å². The van der Waals surface area contributed by atoms with Crippen LogP contribution in [0.2, 0.25) is 0 Å². The van der Waals surface area contributed by atoms with Crippen molar-refractivity contribution in [1.29, 1.82) is 0 Å². The third kappa shape index (κ3) is 4.66. The molecule has 4 atom stereocenters. The predicted octanol–water partition coefficient (Wildman–Crippen LogP) is 1.73. The lowest BCUT2D eigenvalue weighted by Crippen LogP contribution is -2.48. The number of hydrogen-bond acceptors (Lipinski definition) is 8. The van der Waals surface area contributed by atoms with E-state index in [4.69, 9.17) is 18.8 Å². The minimum Gasteiger partial charge on any atom is -0.459 e. The van der Waals surface area contributed by atoms with Crippen LogP contribution in [0, 0.1) is 11.8 Å². The highest BCUT2D eigenvalue weighted by atomic mass is 32.2. The van der Waals surface area contributed by atoms with Gasteiger partial charge in [0, 0.05) is 12.3 Å². The van der Waals surface area contributed by atoms with Crippen LogP contribution in [-0.2, 0) is 29.2 Å². The van der Waals surface area contributed by atoms with Gasteiger partial charge in [-0.1, -0.05) is 13.8 Å². The predicted molar refractivity (Wildman–Crippen MR) is 103 cm³/mol. The molecule has 0 spiro atoms. The molecule has 1 aliphatic heterocycles. The maximum absolute atomic E-state index is 12.2. The van der Waals surface area contributed by atoms with Crippen molar-refractivity contribution in [3.63, 3.8) is 0 Å². The van der Waals surface area contributed by atoms with Crippen molar-refractivity contribution >= 4 is 22.1 Å². The molecule has 1 aliphatic carbocycles. The van der Waals surface area contributed by atoms with Gasteiger partial charge in [0.2, 0.25) is 0 Å². The maximum Gasteiger partial charge on any atom is 0.337 e. The van der Waals surface area contributed by atoms with Crippen molar-refractivity contribution in [2.75, 3.05) is 6.61 Å². The summed E-state index contributed by atoms with van der Waals surface area (Å²) in [7, 11) is -4.33. The molecule has 1 aromatic rings. The Morgan fingerprint density at radius 3 is 2.40 bits per heavy atom. The van der Waals surface area contributed by atoms with Crippen molar-refractivity contribution < 1.29 is 41.9 Å². The van der Waals surface area contributed by atoms with Gasteiger partial charge in [-0.25, -0.2) is 4.79 Å². The van der Waals surface area contributed by atoms with Gasteiger partial charge in [0.25, 0.3) is 10.1 Å². The third-order valence-corrected chi connectivity index (χ3v) is 6.99. The molecule has 2 N–H and O–H groups in total. The van der Waals surface area contributed by atoms with Crippen LogP contribution in [0.4, 0.5) is 0 Å². The second-order valence-corrected chi connectivity index (χ2v) is 9.16. The molecule has 166 valence electrons. The fraction of sp³-hybridized carbons (Fsp3) is 0.600. The number of hydrogen-bond donors (Lipinski definition) is 2. The largest absolute Gasteiger partial charge is 0.459 e. The Morgan fingerprint density at radius 2 is 1.83 bits per heavy atom. The smallest absolute Gasteiger partial charge is 0.337 e. The average Bonchev–Trinajstić information content (AvgIpc) is 3.02. The van der Waals surface area contributed by atoms with Crippen LogP contribution < -0.4 is 4.74 Å². The topological polar surface area (TPSA) is 136 Å². The van der Waals surface area contributed by atoms with Crippen LogP contribution in [0.1, 0.15) is 39.5 Å². The summed E-state index contributed by atoms with van der Waals surface area (Å²) in [6.07, 6.45) is 0.849. The Bertz CT molecular complexity index is 889. The van der Waals surface area contributed by atoms with E-state index in [0.29, 0.717) is 25.7 Å². The zero-order valence-corrected chi connectivity index (χ0v) is 17.6. The molecule has 10 heteroatoms. The first-order valence-corrected chi connectivity index (χ1v) is 11.3. The van der Waals surface area contributed by atoms with E-state index in [-0.39, 0.29) is 28.5 Å². The number of benzene rings is 1. The summed E-state index contributed by atoms with van der Waals surface area (Å²) in [5.41, 5.74) is -1.00. The Kier molecular flexibility index (Phi) is 6.51. The molecule has 2 bridgehead atoms. The lowest BCUT2D eigenvalue weighted by molar-refractivity contribution is -0.151. The molecule has 0 aromatic heterocycles. The first-order valence-electron chi connectivity index (χ1n) is 9.90. The molecular formula is C20H26O9S. The van der Waals surface area contributed by atoms with Crippen molar-refractivity contribution in [1.82, 2.24) is 0 Å². The van der Waals surface area contributed by atoms with E-state index in [0.717, 1.165) is 12.1 Å². The second kappa shape index (κ2) is 8.62. The summed E-state index contributed by atoms with van der Waals surface area (Å²) in [4.78, 5) is 24.0. The number of esters is 2. The zero-order valence-electron chi connectivity index (χ0n) is 16.8. The van der Waals surface area contributed by atoms with E-state index in [1.165, 1.54) is 12.1 Å². The number of fused-ring (bicyclic) bond motifs is 2. The fourth-order valence-corrected chi connectivity index (χ4v) is 4.79. The summed E-state index contributed by atoms with van der Waals surface area (Å²) < 4.78 is 47.3. The van der Waals surface area contributed by atoms with Gasteiger partial charge >= 0.3 is 11.9 Å². The molecule has 0 radical (unpaired) electrons. The molecule has 9 nitrogen and oxygen atoms in total. The normalized spacial score (nSPS) is 26.3. The van der Waals surface area contributed by atoms with Crippen LogP contribution in [0.15, 0.2) is 29.2 Å². The minimum absolute atomic E-state index is 0.0937. The van der Waals surface area contributed by atoms with E-state index in [1.807, 2.05) is 13.8 Å². The molecule has 1 saturated carbocycles. The summed E-state index contributed by atoms with van der Waals surface area (Å²) in [6.45, 7) is 3.35. The standard InChI is InChI=1S/C20H26O9S/c1-3-20(23,4-2)15-10-16(17-9-14(15)19(22)29-17)27-11-18(21)28-12-5-7-13(8-6-12)30(24,25)26/h5-8,14-17,23H,3-4,9-11H2,1-2H3,(H,24,25,26). The van der Waals surface area contributed by atoms with Gasteiger partial charge in [0.15, 0.2) is 0 Å². The van der Waals surface area contributed by atoms with E-state index in [1.54, 1.807) is 0 Å². The lowest BCUT2D eigenvalue weighted by Gasteiger charge is -2.41. The number of rotatable bonds is 8. The van der Waals surface area contributed by atoms with E-state index in [2.05, 4.69) is 0 Å². The summed E-state index contributed by atoms with van der Waals surface area (Å²) >= 11 is 0. The quantitative estimate of drug-likeness (QED) is 0.350. The number of carbonyl (C=O) groups excluding carboxylic acids is 2. The molecule has 3 rings (SSSR count). The Balaban J connectivity index is 1.61. The summed E-state index contributed by atoms with van der Waals surface area (Å²) in [5.74, 6) is -1.63. The number of carbonyl (C=O) groups is 2. The van der Waals surface area contributed by atoms with Crippen LogP contribution in [-0.4, -0.2) is 54.4 Å². The van der Waals surface area contributed by atoms with E-state index in [9.17, 15) is 23.1 Å². The van der Waals surface area contributed by atoms with Gasteiger partial charge in [-0.2, -0.15) is 8.42 Å². The highest BCUT2D eigenvalue weighted by Crippen LogP contribution is 2.46. The SMILES string of the molecule is CCC(O)(CC)C1CC(OCC(=O)Oc2ccc(S(=O)(=O)O)cc2)C2CC1C(=O)O2. The van der Waals surface area contributed by atoms with Crippen LogP contribution in [0.25, 0.3) is 0 Å². The average molecular weight is 442 g/mol. The molecular weight excluding hydrogens is 416 g/mol. The molecule has 2 aliphatic rings. The molecule has 1 aromatic carbocycles. The Hall–Kier alpha value is -2.01. The van der Waals surface area contributed by atoms with Crippen molar-refractivity contribution in [3.8, 4) is 5.75 Å². The highest BCUT2D eigenvalue weighted by Gasteiger charge is 2.54. The fourth-order valence-electron chi connectivity index (χ4n) is 4.31. The number of ether oxygens (including phenoxy) is 3. The van der Waals surface area contributed by atoms with Crippen LogP contribution >= 0.6 is 0 Å². The molecule has 2 fully saturated rings. The first-order chi connectivity index (χ1) is 14.1. The van der Waals surface area contributed by atoms with Gasteiger partial charge in [-0.15, -0.1) is 0 Å². The van der Waals surface area contributed by atoms with Crippen molar-refractivity contribution in [3.05, 3.63) is 24.3 Å². The molecule has 1 saturated heterocycles. The first kappa shape index (κ1) is 22.7. The van der Waals surface area contributed by atoms with Gasteiger partial charge < -0.3 is 19.3 Å². The highest BCUT2D eigenvalue weighted by molar-refractivity contribution is 7.85. The Morgan fingerprint density at radius 1 is 1.20 bits per heavy atom. The minimum atomic E-state index is -4.33. The zero-order chi connectivity index (χ0) is 22.1. The summed E-state index contributed by atoms with van der Waals surface area (Å²) in [6, 6.07) is 4.70. The lowest BCUT2D eigenvalue weighted by atomic mass is 9.67. The van der Waals surface area contributed by atoms with Gasteiger partial charge in [0.05, 0.1) is 22.5 Å². The van der Waals surface area contributed by atoms with Gasteiger partial charge in [-0.05, 0) is 43.5 Å². The van der Waals surface area contributed by atoms with E-state index >= 15 is 0 Å². The van der Waals surface area contributed by atoms with Gasteiger partial charge in [-0.3, -0.25) is 9.35 Å². The maximum atomic E-state index is 12.2. The van der Waals surface area contributed by atoms with Gasteiger partial charge in [0.1, 0.15) is 18.5 Å². The Labute approximate surface area is 175 Å². The number of aliphatic hydroxyl groups is 1. The van der Waals surface area contributed by atoms with Crippen molar-refractivity contribution in [2.45, 2.75) is 62.2 Å². The monoisotopic (exact) mass is 442 g/mol. The second-order valence-electron chi connectivity index (χ2n) is 7.74. The van der Waals surface area contributed by atoms with Crippen molar-refractivity contribution in [2.24, 2.45) is 11.8 Å². The van der Waals surface area contributed by atoms with E-state index < -0.39 is 40.5 Å². The molecule has 0 amide bonds. The molecule has 4 unspecified atom stereocenters. The van der Waals surface area contributed by atoms with Crippen LogP contribution in [0.5, 0.6) is 5.75 Å². The molecule has 30 heavy (non-hydrogen) atoms. The molecule has 1 heterocycles. The summed E-state index contributed by atoms with van der Waals surface area (Å²) in [5, 5.41) is 10.9. The third-order valence-electron chi connectivity index (χ3n) is 6.13.